The van der Waals surface area contributed by atoms with Gasteiger partial charge < -0.3 is 15.3 Å². The molecule has 1 aromatic heterocycles. The predicted octanol–water partition coefficient (Wildman–Crippen LogP) is 3.74. The van der Waals surface area contributed by atoms with Crippen LogP contribution in [-0.2, 0) is 6.42 Å². The number of rotatable bonds is 3. The second kappa shape index (κ2) is 5.39. The third-order valence-corrected chi connectivity index (χ3v) is 3.58. The minimum absolute atomic E-state index is 0.236. The molecule has 21 heavy (non-hydrogen) atoms. The maximum atomic E-state index is 9.29. The summed E-state index contributed by atoms with van der Waals surface area (Å²) in [6.45, 7) is 1.93. The van der Waals surface area contributed by atoms with Gasteiger partial charge in [0.25, 0.3) is 0 Å². The molecule has 3 N–H and O–H groups in total. The summed E-state index contributed by atoms with van der Waals surface area (Å²) in [4.78, 5) is 4.42. The van der Waals surface area contributed by atoms with Crippen LogP contribution in [0.5, 0.6) is 5.75 Å². The number of fused-ring (bicyclic) bond motifs is 1. The van der Waals surface area contributed by atoms with Crippen LogP contribution in [0.15, 0.2) is 40.8 Å². The molecule has 0 aliphatic carbocycles. The SMILES string of the molecule is Cc1cc(Cl)cc2nc(C(N)Cc3ccc(O)cc3)oc12. The standard InChI is InChI=1S/C16H15ClN2O2/c1-9-6-11(17)8-14-15(9)21-16(19-14)13(18)7-10-2-4-12(20)5-3-10/h2-6,8,13,20H,7,18H2,1H3. The van der Waals surface area contributed by atoms with Crippen molar-refractivity contribution in [2.45, 2.75) is 19.4 Å². The van der Waals surface area contributed by atoms with Crippen molar-refractivity contribution < 1.29 is 9.52 Å². The Kier molecular flexibility index (Phi) is 3.57. The molecule has 3 aromatic rings. The number of phenolic OH excluding ortho intramolecular Hbond substituents is 1. The monoisotopic (exact) mass is 302 g/mol. The first-order valence-corrected chi connectivity index (χ1v) is 7.01. The van der Waals surface area contributed by atoms with Crippen LogP contribution in [0, 0.1) is 6.92 Å². The van der Waals surface area contributed by atoms with E-state index in [0.717, 1.165) is 22.2 Å². The number of nitrogens with zero attached hydrogens (tertiary/aromatic N) is 1. The fourth-order valence-corrected chi connectivity index (χ4v) is 2.57. The summed E-state index contributed by atoms with van der Waals surface area (Å²) in [5, 5.41) is 9.92. The predicted molar refractivity (Wildman–Crippen MR) is 82.5 cm³/mol. The highest BCUT2D eigenvalue weighted by Crippen LogP contribution is 2.27. The van der Waals surface area contributed by atoms with Crippen molar-refractivity contribution in [1.29, 1.82) is 0 Å². The first-order chi connectivity index (χ1) is 10.0. The number of aromatic hydroxyl groups is 1. The molecule has 0 aliphatic heterocycles. The van der Waals surface area contributed by atoms with Crippen LogP contribution < -0.4 is 5.73 Å². The lowest BCUT2D eigenvalue weighted by Gasteiger charge is -2.07. The van der Waals surface area contributed by atoms with Crippen LogP contribution in [0.1, 0.15) is 23.1 Å². The van der Waals surface area contributed by atoms with Crippen LogP contribution in [0.2, 0.25) is 5.02 Å². The molecule has 4 nitrogen and oxygen atoms in total. The van der Waals surface area contributed by atoms with Gasteiger partial charge in [-0.15, -0.1) is 0 Å². The van der Waals surface area contributed by atoms with Crippen LogP contribution in [0.3, 0.4) is 0 Å². The highest BCUT2D eigenvalue weighted by atomic mass is 35.5. The molecule has 3 rings (SSSR count). The molecule has 0 saturated carbocycles. The van der Waals surface area contributed by atoms with Gasteiger partial charge >= 0.3 is 0 Å². The van der Waals surface area contributed by atoms with Gasteiger partial charge in [-0.25, -0.2) is 4.98 Å². The molecule has 0 fully saturated rings. The molecule has 1 heterocycles. The molecular weight excluding hydrogens is 288 g/mol. The van der Waals surface area contributed by atoms with E-state index in [1.807, 2.05) is 25.1 Å². The lowest BCUT2D eigenvalue weighted by atomic mass is 10.1. The Morgan fingerprint density at radius 1 is 1.29 bits per heavy atom. The fourth-order valence-electron chi connectivity index (χ4n) is 2.31. The number of oxazole rings is 1. The van der Waals surface area contributed by atoms with Crippen molar-refractivity contribution in [1.82, 2.24) is 4.98 Å². The van der Waals surface area contributed by atoms with Crippen molar-refractivity contribution in [3.8, 4) is 5.75 Å². The molecule has 1 atom stereocenters. The minimum atomic E-state index is -0.347. The van der Waals surface area contributed by atoms with Gasteiger partial charge in [-0.1, -0.05) is 23.7 Å². The van der Waals surface area contributed by atoms with E-state index in [4.69, 9.17) is 21.8 Å². The Balaban J connectivity index is 1.89. The largest absolute Gasteiger partial charge is 0.508 e. The topological polar surface area (TPSA) is 72.3 Å². The lowest BCUT2D eigenvalue weighted by molar-refractivity contribution is 0.470. The summed E-state index contributed by atoms with van der Waals surface area (Å²) in [5.74, 6) is 0.725. The van der Waals surface area contributed by atoms with E-state index in [0.29, 0.717) is 17.3 Å². The van der Waals surface area contributed by atoms with Crippen LogP contribution in [0.25, 0.3) is 11.1 Å². The Hall–Kier alpha value is -2.04. The van der Waals surface area contributed by atoms with E-state index in [1.54, 1.807) is 18.2 Å². The van der Waals surface area contributed by atoms with Gasteiger partial charge in [0.05, 0.1) is 6.04 Å². The molecule has 1 unspecified atom stereocenters. The van der Waals surface area contributed by atoms with Gasteiger partial charge in [0.2, 0.25) is 5.89 Å². The highest BCUT2D eigenvalue weighted by molar-refractivity contribution is 6.31. The Labute approximate surface area is 127 Å². The third-order valence-electron chi connectivity index (χ3n) is 3.37. The molecule has 108 valence electrons. The molecule has 0 aliphatic rings. The summed E-state index contributed by atoms with van der Waals surface area (Å²) in [6, 6.07) is 10.2. The molecular formula is C16H15ClN2O2. The van der Waals surface area contributed by atoms with Crippen LogP contribution in [-0.4, -0.2) is 10.1 Å². The van der Waals surface area contributed by atoms with E-state index in [9.17, 15) is 5.11 Å². The molecule has 0 saturated heterocycles. The van der Waals surface area contributed by atoms with Crippen LogP contribution in [0.4, 0.5) is 0 Å². The Morgan fingerprint density at radius 2 is 2.00 bits per heavy atom. The first-order valence-electron chi connectivity index (χ1n) is 6.63. The van der Waals surface area contributed by atoms with Gasteiger partial charge in [0.1, 0.15) is 11.3 Å². The number of aryl methyl sites for hydroxylation is 1. The molecule has 0 radical (unpaired) electrons. The number of hydrogen-bond donors (Lipinski definition) is 2. The summed E-state index contributed by atoms with van der Waals surface area (Å²) in [7, 11) is 0. The average Bonchev–Trinajstić information content (AvgIpc) is 2.85. The second-order valence-electron chi connectivity index (χ2n) is 5.10. The quantitative estimate of drug-likeness (QED) is 0.773. The zero-order valence-corrected chi connectivity index (χ0v) is 12.3. The fraction of sp³-hybridized carbons (Fsp3) is 0.188. The van der Waals surface area contributed by atoms with Crippen molar-refractivity contribution in [2.75, 3.05) is 0 Å². The summed E-state index contributed by atoms with van der Waals surface area (Å²) in [6.07, 6.45) is 0.583. The zero-order chi connectivity index (χ0) is 15.0. The summed E-state index contributed by atoms with van der Waals surface area (Å²) >= 11 is 6.02. The van der Waals surface area contributed by atoms with Gasteiger partial charge in [-0.3, -0.25) is 0 Å². The Bertz CT molecular complexity index is 781. The zero-order valence-electron chi connectivity index (χ0n) is 11.5. The van der Waals surface area contributed by atoms with E-state index in [1.165, 1.54) is 0 Å². The number of nitrogens with two attached hydrogens (primary N) is 1. The first kappa shape index (κ1) is 13.9. The molecule has 0 bridgehead atoms. The van der Waals surface area contributed by atoms with Gasteiger partial charge in [-0.05, 0) is 48.7 Å². The number of phenols is 1. The smallest absolute Gasteiger partial charge is 0.212 e. The second-order valence-corrected chi connectivity index (χ2v) is 5.54. The normalized spacial score (nSPS) is 12.7. The molecule has 0 amide bonds. The summed E-state index contributed by atoms with van der Waals surface area (Å²) < 4.78 is 5.77. The van der Waals surface area contributed by atoms with Crippen LogP contribution >= 0.6 is 11.6 Å². The maximum Gasteiger partial charge on any atom is 0.212 e. The number of halogens is 1. The molecule has 5 heteroatoms. The third kappa shape index (κ3) is 2.86. The van der Waals surface area contributed by atoms with Gasteiger partial charge in [-0.2, -0.15) is 0 Å². The molecule has 2 aromatic carbocycles. The highest BCUT2D eigenvalue weighted by Gasteiger charge is 2.16. The van der Waals surface area contributed by atoms with Crippen molar-refractivity contribution in [3.63, 3.8) is 0 Å². The van der Waals surface area contributed by atoms with Crippen molar-refractivity contribution >= 4 is 22.7 Å². The number of aromatic nitrogens is 1. The average molecular weight is 303 g/mol. The van der Waals surface area contributed by atoms with Gasteiger partial charge in [0.15, 0.2) is 5.58 Å². The summed E-state index contributed by atoms with van der Waals surface area (Å²) in [5.41, 5.74) is 9.55. The molecule has 0 spiro atoms. The minimum Gasteiger partial charge on any atom is -0.508 e. The van der Waals surface area contributed by atoms with Crippen molar-refractivity contribution in [2.24, 2.45) is 5.73 Å². The Morgan fingerprint density at radius 3 is 2.71 bits per heavy atom. The lowest BCUT2D eigenvalue weighted by Crippen LogP contribution is -2.13. The van der Waals surface area contributed by atoms with E-state index < -0.39 is 0 Å². The van der Waals surface area contributed by atoms with E-state index in [-0.39, 0.29) is 11.8 Å². The number of hydrogen-bond acceptors (Lipinski definition) is 4. The maximum absolute atomic E-state index is 9.29. The van der Waals surface area contributed by atoms with Crippen molar-refractivity contribution in [3.05, 3.63) is 58.4 Å². The van der Waals surface area contributed by atoms with E-state index >= 15 is 0 Å². The van der Waals surface area contributed by atoms with Gasteiger partial charge in [0, 0.05) is 5.02 Å². The number of benzene rings is 2. The van der Waals surface area contributed by atoms with E-state index in [2.05, 4.69) is 4.98 Å².